The van der Waals surface area contributed by atoms with Gasteiger partial charge in [0.1, 0.15) is 17.2 Å². The Kier molecular flexibility index (Phi) is 2.78. The van der Waals surface area contributed by atoms with Gasteiger partial charge in [0, 0.05) is 38.3 Å². The molecule has 4 heteroatoms. The van der Waals surface area contributed by atoms with Gasteiger partial charge in [-0.1, -0.05) is 6.07 Å². The highest BCUT2D eigenvalue weighted by Crippen LogP contribution is 2.25. The Balaban J connectivity index is 1.89. The lowest BCUT2D eigenvalue weighted by Crippen LogP contribution is -2.36. The smallest absolute Gasteiger partial charge is 0.138 e. The van der Waals surface area contributed by atoms with Crippen molar-refractivity contribution in [3.05, 3.63) is 30.6 Å². The fourth-order valence-electron chi connectivity index (χ4n) is 2.72. The van der Waals surface area contributed by atoms with Gasteiger partial charge in [0.2, 0.25) is 0 Å². The molecule has 0 radical (unpaired) electrons. The molecule has 2 aromatic rings. The van der Waals surface area contributed by atoms with Crippen LogP contribution in [0.1, 0.15) is 25.7 Å². The third-order valence-corrected chi connectivity index (χ3v) is 3.83. The maximum Gasteiger partial charge on any atom is 0.138 e. The normalized spacial score (nSPS) is 17.3. The number of Topliss-reactive ketones (excluding diaryl/α,β-unsaturated/α-hetero) is 1. The average molecular weight is 243 g/mol. The highest BCUT2D eigenvalue weighted by atomic mass is 16.1. The van der Waals surface area contributed by atoms with Gasteiger partial charge >= 0.3 is 0 Å². The first-order valence-electron chi connectivity index (χ1n) is 6.42. The van der Waals surface area contributed by atoms with Crippen LogP contribution < -0.4 is 4.90 Å². The zero-order valence-electron chi connectivity index (χ0n) is 10.5. The Morgan fingerprint density at radius 1 is 1.33 bits per heavy atom. The molecule has 0 spiro atoms. The molecule has 1 saturated carbocycles. The fraction of sp³-hybridized carbons (Fsp3) is 0.429. The van der Waals surface area contributed by atoms with Gasteiger partial charge in [-0.05, 0) is 25.0 Å². The van der Waals surface area contributed by atoms with E-state index in [-0.39, 0.29) is 0 Å². The zero-order chi connectivity index (χ0) is 12.5. The molecular weight excluding hydrogens is 226 g/mol. The highest BCUT2D eigenvalue weighted by molar-refractivity contribution is 5.79. The summed E-state index contributed by atoms with van der Waals surface area (Å²) in [5.41, 5.74) is 0.964. The van der Waals surface area contributed by atoms with E-state index >= 15 is 0 Å². The molecule has 18 heavy (non-hydrogen) atoms. The number of hydrogen-bond acceptors (Lipinski definition) is 3. The summed E-state index contributed by atoms with van der Waals surface area (Å²) in [6, 6.07) is 6.59. The molecule has 4 nitrogen and oxygen atoms in total. The lowest BCUT2D eigenvalue weighted by Gasteiger charge is -2.32. The van der Waals surface area contributed by atoms with Crippen LogP contribution in [0.5, 0.6) is 0 Å². The van der Waals surface area contributed by atoms with E-state index in [0.29, 0.717) is 11.8 Å². The molecule has 1 aliphatic rings. The topological polar surface area (TPSA) is 37.6 Å². The number of hydrogen-bond donors (Lipinski definition) is 0. The molecule has 0 N–H and O–H groups in total. The molecule has 0 saturated heterocycles. The molecule has 0 bridgehead atoms. The number of carbonyl (C=O) groups excluding carboxylic acids is 1. The Labute approximate surface area is 106 Å². The van der Waals surface area contributed by atoms with Crippen molar-refractivity contribution in [1.29, 1.82) is 0 Å². The standard InChI is InChI=1S/C14H17N3O/c1-16(11-5-7-12(18)8-6-11)14-4-2-3-13-15-9-10-17(13)14/h2-4,9-11H,5-8H2,1H3. The van der Waals surface area contributed by atoms with Crippen LogP contribution in [0.25, 0.3) is 5.65 Å². The van der Waals surface area contributed by atoms with E-state index in [1.54, 1.807) is 0 Å². The number of carbonyl (C=O) groups is 1. The Morgan fingerprint density at radius 3 is 2.89 bits per heavy atom. The molecule has 0 unspecified atom stereocenters. The summed E-state index contributed by atoms with van der Waals surface area (Å²) >= 11 is 0. The maximum atomic E-state index is 11.3. The quantitative estimate of drug-likeness (QED) is 0.812. The monoisotopic (exact) mass is 243 g/mol. The van der Waals surface area contributed by atoms with Crippen LogP contribution in [0.15, 0.2) is 30.6 Å². The maximum absolute atomic E-state index is 11.3. The van der Waals surface area contributed by atoms with Crippen LogP contribution in [-0.2, 0) is 4.79 Å². The Bertz CT molecular complexity index is 565. The number of imidazole rings is 1. The van der Waals surface area contributed by atoms with Crippen LogP contribution in [0.3, 0.4) is 0 Å². The Morgan fingerprint density at radius 2 is 2.11 bits per heavy atom. The van der Waals surface area contributed by atoms with E-state index in [1.165, 1.54) is 0 Å². The largest absolute Gasteiger partial charge is 0.358 e. The van der Waals surface area contributed by atoms with Gasteiger partial charge in [-0.15, -0.1) is 0 Å². The minimum Gasteiger partial charge on any atom is -0.358 e. The highest BCUT2D eigenvalue weighted by Gasteiger charge is 2.23. The number of rotatable bonds is 2. The first-order chi connectivity index (χ1) is 8.75. The fourth-order valence-corrected chi connectivity index (χ4v) is 2.72. The lowest BCUT2D eigenvalue weighted by molar-refractivity contribution is -0.120. The molecule has 0 atom stereocenters. The van der Waals surface area contributed by atoms with E-state index in [2.05, 4.69) is 27.4 Å². The number of pyridine rings is 1. The van der Waals surface area contributed by atoms with Crippen LogP contribution in [0.2, 0.25) is 0 Å². The zero-order valence-corrected chi connectivity index (χ0v) is 10.5. The minimum atomic E-state index is 0.403. The van der Waals surface area contributed by atoms with Crippen LogP contribution >= 0.6 is 0 Å². The third kappa shape index (κ3) is 1.88. The second kappa shape index (κ2) is 4.44. The molecule has 2 aromatic heterocycles. The van der Waals surface area contributed by atoms with E-state index in [1.807, 2.05) is 24.5 Å². The van der Waals surface area contributed by atoms with E-state index < -0.39 is 0 Å². The molecule has 1 aliphatic carbocycles. The van der Waals surface area contributed by atoms with Gasteiger partial charge in [-0.25, -0.2) is 4.98 Å². The summed E-state index contributed by atoms with van der Waals surface area (Å²) in [7, 11) is 2.11. The van der Waals surface area contributed by atoms with Crippen LogP contribution in [-0.4, -0.2) is 28.3 Å². The summed E-state index contributed by atoms with van der Waals surface area (Å²) in [6.45, 7) is 0. The second-order valence-electron chi connectivity index (χ2n) is 4.92. The SMILES string of the molecule is CN(c1cccc2nccn12)C1CCC(=O)CC1. The minimum absolute atomic E-state index is 0.403. The van der Waals surface area contributed by atoms with Crippen molar-refractivity contribution in [1.82, 2.24) is 9.38 Å². The number of aromatic nitrogens is 2. The van der Waals surface area contributed by atoms with Crippen molar-refractivity contribution in [2.45, 2.75) is 31.7 Å². The Hall–Kier alpha value is -1.84. The van der Waals surface area contributed by atoms with Crippen molar-refractivity contribution >= 4 is 17.2 Å². The number of anilines is 1. The van der Waals surface area contributed by atoms with Crippen molar-refractivity contribution in [3.8, 4) is 0 Å². The van der Waals surface area contributed by atoms with Crippen molar-refractivity contribution < 1.29 is 4.79 Å². The lowest BCUT2D eigenvalue weighted by atomic mass is 9.93. The van der Waals surface area contributed by atoms with Gasteiger partial charge in [0.05, 0.1) is 0 Å². The number of nitrogens with zero attached hydrogens (tertiary/aromatic N) is 3. The summed E-state index contributed by atoms with van der Waals surface area (Å²) in [6.07, 6.45) is 7.15. The molecule has 3 rings (SSSR count). The predicted octanol–water partition coefficient (Wildman–Crippen LogP) is 2.28. The summed E-state index contributed by atoms with van der Waals surface area (Å²) in [5.74, 6) is 1.55. The van der Waals surface area contributed by atoms with E-state index in [4.69, 9.17) is 0 Å². The van der Waals surface area contributed by atoms with Crippen LogP contribution in [0, 0.1) is 0 Å². The van der Waals surface area contributed by atoms with Crippen molar-refractivity contribution in [3.63, 3.8) is 0 Å². The summed E-state index contributed by atoms with van der Waals surface area (Å²) < 4.78 is 2.09. The van der Waals surface area contributed by atoms with Gasteiger partial charge in [0.25, 0.3) is 0 Å². The molecule has 0 amide bonds. The molecule has 2 heterocycles. The molecule has 1 fully saturated rings. The van der Waals surface area contributed by atoms with E-state index in [0.717, 1.165) is 37.1 Å². The second-order valence-corrected chi connectivity index (χ2v) is 4.92. The number of ketones is 1. The van der Waals surface area contributed by atoms with Gasteiger partial charge < -0.3 is 4.90 Å². The summed E-state index contributed by atoms with van der Waals surface area (Å²) in [4.78, 5) is 17.9. The molecule has 94 valence electrons. The van der Waals surface area contributed by atoms with Gasteiger partial charge in [-0.2, -0.15) is 0 Å². The average Bonchev–Trinajstić information content (AvgIpc) is 2.87. The predicted molar refractivity (Wildman–Crippen MR) is 70.9 cm³/mol. The van der Waals surface area contributed by atoms with E-state index in [9.17, 15) is 4.79 Å². The molecule has 0 aliphatic heterocycles. The first-order valence-corrected chi connectivity index (χ1v) is 6.42. The number of fused-ring (bicyclic) bond motifs is 1. The molecular formula is C14H17N3O. The summed E-state index contributed by atoms with van der Waals surface area (Å²) in [5, 5.41) is 0. The van der Waals surface area contributed by atoms with Gasteiger partial charge in [-0.3, -0.25) is 9.20 Å². The van der Waals surface area contributed by atoms with Crippen LogP contribution in [0.4, 0.5) is 5.82 Å². The first kappa shape index (κ1) is 11.3. The van der Waals surface area contributed by atoms with Gasteiger partial charge in [0.15, 0.2) is 0 Å². The third-order valence-electron chi connectivity index (χ3n) is 3.83. The van der Waals surface area contributed by atoms with Crippen molar-refractivity contribution in [2.75, 3.05) is 11.9 Å². The van der Waals surface area contributed by atoms with Crippen molar-refractivity contribution in [2.24, 2.45) is 0 Å². The molecule has 0 aromatic carbocycles.